The molecule has 24 heavy (non-hydrogen) atoms. The number of hydrogen-bond donors (Lipinski definition) is 1. The maximum atomic E-state index is 12.6. The van der Waals surface area contributed by atoms with Crippen molar-refractivity contribution in [2.75, 3.05) is 4.72 Å². The molecule has 0 saturated carbocycles. The van der Waals surface area contributed by atoms with Gasteiger partial charge < -0.3 is 4.57 Å². The van der Waals surface area contributed by atoms with Crippen LogP contribution < -0.4 is 4.72 Å². The third-order valence-corrected chi connectivity index (χ3v) is 5.30. The zero-order valence-electron chi connectivity index (χ0n) is 13.9. The van der Waals surface area contributed by atoms with E-state index in [0.29, 0.717) is 5.69 Å². The number of benzene rings is 2. The highest BCUT2D eigenvalue weighted by Crippen LogP contribution is 2.26. The van der Waals surface area contributed by atoms with E-state index in [1.165, 1.54) is 0 Å². The molecule has 0 aliphatic heterocycles. The predicted molar refractivity (Wildman–Crippen MR) is 97.6 cm³/mol. The van der Waals surface area contributed by atoms with Gasteiger partial charge in [-0.25, -0.2) is 8.42 Å². The molecule has 0 aliphatic carbocycles. The maximum absolute atomic E-state index is 12.6. The fourth-order valence-electron chi connectivity index (χ4n) is 2.68. The molecule has 3 aromatic rings. The van der Waals surface area contributed by atoms with E-state index in [1.54, 1.807) is 24.3 Å². The zero-order chi connectivity index (χ0) is 17.3. The van der Waals surface area contributed by atoms with Crippen LogP contribution in [-0.4, -0.2) is 13.0 Å². The Labute approximate surface area is 142 Å². The van der Waals surface area contributed by atoms with Gasteiger partial charge in [0.1, 0.15) is 0 Å². The van der Waals surface area contributed by atoms with E-state index in [-0.39, 0.29) is 4.90 Å². The van der Waals surface area contributed by atoms with Gasteiger partial charge >= 0.3 is 0 Å². The Bertz CT molecular complexity index is 971. The van der Waals surface area contributed by atoms with E-state index >= 15 is 0 Å². The molecule has 1 aromatic heterocycles. The first-order chi connectivity index (χ1) is 11.3. The minimum Gasteiger partial charge on any atom is -0.351 e. The highest BCUT2D eigenvalue weighted by atomic mass is 32.2. The first kappa shape index (κ1) is 16.3. The number of aromatic nitrogens is 1. The van der Waals surface area contributed by atoms with Crippen molar-refractivity contribution in [2.24, 2.45) is 7.05 Å². The maximum Gasteiger partial charge on any atom is 0.261 e. The highest BCUT2D eigenvalue weighted by molar-refractivity contribution is 7.92. The van der Waals surface area contributed by atoms with Gasteiger partial charge in [-0.05, 0) is 61.9 Å². The first-order valence-corrected chi connectivity index (χ1v) is 9.16. The zero-order valence-corrected chi connectivity index (χ0v) is 14.8. The molecule has 5 heteroatoms. The molecule has 0 fully saturated rings. The summed E-state index contributed by atoms with van der Waals surface area (Å²) in [6.45, 7) is 3.88. The second kappa shape index (κ2) is 6.17. The molecule has 1 heterocycles. The van der Waals surface area contributed by atoms with Crippen LogP contribution in [0.15, 0.2) is 65.7 Å². The van der Waals surface area contributed by atoms with Gasteiger partial charge in [-0.1, -0.05) is 17.7 Å². The summed E-state index contributed by atoms with van der Waals surface area (Å²) in [6, 6.07) is 16.5. The number of hydrogen-bond acceptors (Lipinski definition) is 2. The Hall–Kier alpha value is -2.53. The molecular formula is C19H20N2O2S. The van der Waals surface area contributed by atoms with Crippen LogP contribution >= 0.6 is 0 Å². The quantitative estimate of drug-likeness (QED) is 0.777. The van der Waals surface area contributed by atoms with Gasteiger partial charge in [0.05, 0.1) is 4.90 Å². The molecule has 1 N–H and O–H groups in total. The van der Waals surface area contributed by atoms with Crippen LogP contribution in [0.4, 0.5) is 5.69 Å². The van der Waals surface area contributed by atoms with Crippen LogP contribution in [0.2, 0.25) is 0 Å². The first-order valence-electron chi connectivity index (χ1n) is 7.68. The van der Waals surface area contributed by atoms with E-state index in [2.05, 4.69) is 4.72 Å². The van der Waals surface area contributed by atoms with E-state index in [1.807, 2.05) is 62.0 Å². The fraction of sp³-hybridized carbons (Fsp3) is 0.158. The summed E-state index contributed by atoms with van der Waals surface area (Å²) in [5, 5.41) is 0. The van der Waals surface area contributed by atoms with E-state index < -0.39 is 10.0 Å². The van der Waals surface area contributed by atoms with Crippen molar-refractivity contribution >= 4 is 15.7 Å². The molecule has 4 nitrogen and oxygen atoms in total. The number of nitrogens with one attached hydrogen (secondary N) is 1. The van der Waals surface area contributed by atoms with Gasteiger partial charge in [0.25, 0.3) is 10.0 Å². The van der Waals surface area contributed by atoms with Crippen molar-refractivity contribution in [3.8, 4) is 11.3 Å². The average molecular weight is 340 g/mol. The van der Waals surface area contributed by atoms with Crippen LogP contribution in [-0.2, 0) is 17.1 Å². The Kier molecular flexibility index (Phi) is 4.20. The summed E-state index contributed by atoms with van der Waals surface area (Å²) in [7, 11) is -1.63. The van der Waals surface area contributed by atoms with Crippen LogP contribution in [0.3, 0.4) is 0 Å². The standard InChI is InChI=1S/C19H20N2O2S/c1-14-6-8-18(9-7-14)24(22,23)20-17-12-15(2)11-16(13-17)19-5-4-10-21(19)3/h4-13,20H,1-3H3. The average Bonchev–Trinajstić information content (AvgIpc) is 2.93. The number of anilines is 1. The lowest BCUT2D eigenvalue weighted by atomic mass is 10.1. The van der Waals surface area contributed by atoms with Gasteiger partial charge in [-0.2, -0.15) is 0 Å². The van der Waals surface area contributed by atoms with E-state index in [9.17, 15) is 8.42 Å². The molecule has 0 unspecified atom stereocenters. The van der Waals surface area contributed by atoms with E-state index in [4.69, 9.17) is 0 Å². The largest absolute Gasteiger partial charge is 0.351 e. The van der Waals surface area contributed by atoms with Crippen LogP contribution in [0, 0.1) is 13.8 Å². The number of nitrogens with zero attached hydrogens (tertiary/aromatic N) is 1. The lowest BCUT2D eigenvalue weighted by Gasteiger charge is -2.12. The topological polar surface area (TPSA) is 51.1 Å². The molecule has 0 radical (unpaired) electrons. The second-order valence-corrected chi connectivity index (χ2v) is 7.69. The van der Waals surface area contributed by atoms with Crippen LogP contribution in [0.5, 0.6) is 0 Å². The van der Waals surface area contributed by atoms with Crippen molar-refractivity contribution in [2.45, 2.75) is 18.7 Å². The number of rotatable bonds is 4. The molecule has 124 valence electrons. The van der Waals surface area contributed by atoms with Gasteiger partial charge in [-0.15, -0.1) is 0 Å². The fourth-order valence-corrected chi connectivity index (χ4v) is 3.72. The number of aryl methyl sites for hydroxylation is 3. The summed E-state index contributed by atoms with van der Waals surface area (Å²) in [5.74, 6) is 0. The monoisotopic (exact) mass is 340 g/mol. The summed E-state index contributed by atoms with van der Waals surface area (Å²) < 4.78 is 29.8. The van der Waals surface area contributed by atoms with Gasteiger partial charge in [0, 0.05) is 30.2 Å². The lowest BCUT2D eigenvalue weighted by molar-refractivity contribution is 0.601. The van der Waals surface area contributed by atoms with Crippen LogP contribution in [0.1, 0.15) is 11.1 Å². The molecule has 3 rings (SSSR count). The van der Waals surface area contributed by atoms with Crippen molar-refractivity contribution in [1.82, 2.24) is 4.57 Å². The van der Waals surface area contributed by atoms with Gasteiger partial charge in [-0.3, -0.25) is 4.72 Å². The Morgan fingerprint density at radius 1 is 0.917 bits per heavy atom. The third-order valence-electron chi connectivity index (χ3n) is 3.90. The van der Waals surface area contributed by atoms with E-state index in [0.717, 1.165) is 22.4 Å². The van der Waals surface area contributed by atoms with Crippen molar-refractivity contribution in [3.05, 3.63) is 71.9 Å². The molecule has 0 atom stereocenters. The molecule has 0 spiro atoms. The molecule has 0 amide bonds. The normalized spacial score (nSPS) is 11.5. The molecule has 0 bridgehead atoms. The number of sulfonamides is 1. The summed E-state index contributed by atoms with van der Waals surface area (Å²) in [6.07, 6.45) is 1.97. The second-order valence-electron chi connectivity index (χ2n) is 6.01. The molecule has 2 aromatic carbocycles. The van der Waals surface area contributed by atoms with Crippen molar-refractivity contribution in [3.63, 3.8) is 0 Å². The SMILES string of the molecule is Cc1ccc(S(=O)(=O)Nc2cc(C)cc(-c3cccn3C)c2)cc1. The Morgan fingerprint density at radius 3 is 2.25 bits per heavy atom. The summed E-state index contributed by atoms with van der Waals surface area (Å²) >= 11 is 0. The third kappa shape index (κ3) is 3.36. The molecule has 0 saturated heterocycles. The van der Waals surface area contributed by atoms with Crippen molar-refractivity contribution in [1.29, 1.82) is 0 Å². The van der Waals surface area contributed by atoms with Crippen LogP contribution in [0.25, 0.3) is 11.3 Å². The smallest absolute Gasteiger partial charge is 0.261 e. The van der Waals surface area contributed by atoms with Crippen molar-refractivity contribution < 1.29 is 8.42 Å². The lowest BCUT2D eigenvalue weighted by Crippen LogP contribution is -2.13. The molecule has 0 aliphatic rings. The van der Waals surface area contributed by atoms with Gasteiger partial charge in [0.15, 0.2) is 0 Å². The summed E-state index contributed by atoms with van der Waals surface area (Å²) in [5.41, 5.74) is 4.59. The predicted octanol–water partition coefficient (Wildman–Crippen LogP) is 4.11. The minimum absolute atomic E-state index is 0.259. The summed E-state index contributed by atoms with van der Waals surface area (Å²) in [4.78, 5) is 0.259. The molecular weight excluding hydrogens is 320 g/mol. The highest BCUT2D eigenvalue weighted by Gasteiger charge is 2.15. The Balaban J connectivity index is 1.97. The minimum atomic E-state index is -3.60. The van der Waals surface area contributed by atoms with Gasteiger partial charge in [0.2, 0.25) is 0 Å². The Morgan fingerprint density at radius 2 is 1.62 bits per heavy atom.